The summed E-state index contributed by atoms with van der Waals surface area (Å²) in [6.07, 6.45) is 3.22. The van der Waals surface area contributed by atoms with Crippen molar-refractivity contribution in [2.45, 2.75) is 32.6 Å². The summed E-state index contributed by atoms with van der Waals surface area (Å²) in [6.45, 7) is 2.18. The number of carbonyl (C=O) groups excluding carboxylic acids is 2. The molecule has 0 fully saturated rings. The number of fused-ring (bicyclic) bond motifs is 1. The van der Waals surface area contributed by atoms with Crippen LogP contribution in [0.1, 0.15) is 39.7 Å². The molecule has 4 nitrogen and oxygen atoms in total. The number of carbonyl (C=O) groups is 2. The molecule has 3 N–H and O–H groups in total. The van der Waals surface area contributed by atoms with Crippen LogP contribution in [0.4, 0.5) is 5.00 Å². The first-order valence-electron chi connectivity index (χ1n) is 7.82. The third-order valence-electron chi connectivity index (χ3n) is 4.21. The summed E-state index contributed by atoms with van der Waals surface area (Å²) in [7, 11) is 0. The van der Waals surface area contributed by atoms with E-state index in [2.05, 4.69) is 12.2 Å². The molecule has 1 aliphatic carbocycles. The van der Waals surface area contributed by atoms with Gasteiger partial charge in [-0.05, 0) is 36.3 Å². The van der Waals surface area contributed by atoms with E-state index in [9.17, 15) is 9.59 Å². The third-order valence-corrected chi connectivity index (χ3v) is 5.42. The van der Waals surface area contributed by atoms with Gasteiger partial charge < -0.3 is 11.1 Å². The summed E-state index contributed by atoms with van der Waals surface area (Å²) in [5.74, 6) is -0.0278. The first-order valence-corrected chi connectivity index (χ1v) is 8.64. The van der Waals surface area contributed by atoms with Gasteiger partial charge in [0, 0.05) is 4.88 Å². The first-order chi connectivity index (χ1) is 11.0. The first kappa shape index (κ1) is 15.7. The van der Waals surface area contributed by atoms with Gasteiger partial charge in [0.1, 0.15) is 5.00 Å². The molecule has 0 radical (unpaired) electrons. The minimum Gasteiger partial charge on any atom is -0.365 e. The van der Waals surface area contributed by atoms with E-state index in [4.69, 9.17) is 5.73 Å². The number of rotatable bonds is 4. The minimum absolute atomic E-state index is 0.120. The maximum absolute atomic E-state index is 12.3. The van der Waals surface area contributed by atoms with Crippen molar-refractivity contribution in [1.82, 2.24) is 0 Å². The molecule has 1 atom stereocenters. The summed E-state index contributed by atoms with van der Waals surface area (Å²) >= 11 is 1.50. The van der Waals surface area contributed by atoms with E-state index < -0.39 is 5.91 Å². The van der Waals surface area contributed by atoms with E-state index in [1.807, 2.05) is 30.3 Å². The van der Waals surface area contributed by atoms with Gasteiger partial charge in [0.25, 0.3) is 5.91 Å². The van der Waals surface area contributed by atoms with Crippen molar-refractivity contribution in [2.75, 3.05) is 5.32 Å². The predicted octanol–water partition coefficient (Wildman–Crippen LogP) is 3.15. The molecule has 2 aromatic rings. The van der Waals surface area contributed by atoms with Crippen LogP contribution in [0.5, 0.6) is 0 Å². The van der Waals surface area contributed by atoms with E-state index in [-0.39, 0.29) is 12.3 Å². The second-order valence-corrected chi connectivity index (χ2v) is 7.24. The van der Waals surface area contributed by atoms with Crippen molar-refractivity contribution in [3.8, 4) is 0 Å². The Morgan fingerprint density at radius 2 is 2.04 bits per heavy atom. The Morgan fingerprint density at radius 3 is 2.74 bits per heavy atom. The van der Waals surface area contributed by atoms with Gasteiger partial charge in [-0.15, -0.1) is 11.3 Å². The number of nitrogens with one attached hydrogen (secondary N) is 1. The van der Waals surface area contributed by atoms with E-state index >= 15 is 0 Å². The Labute approximate surface area is 139 Å². The molecule has 0 saturated carbocycles. The van der Waals surface area contributed by atoms with Crippen molar-refractivity contribution in [3.63, 3.8) is 0 Å². The highest BCUT2D eigenvalue weighted by Crippen LogP contribution is 2.39. The van der Waals surface area contributed by atoms with Crippen molar-refractivity contribution in [3.05, 3.63) is 51.9 Å². The van der Waals surface area contributed by atoms with Crippen molar-refractivity contribution < 1.29 is 9.59 Å². The number of thiophene rings is 1. The zero-order valence-electron chi connectivity index (χ0n) is 13.1. The zero-order valence-corrected chi connectivity index (χ0v) is 13.9. The molecule has 0 unspecified atom stereocenters. The van der Waals surface area contributed by atoms with Crippen LogP contribution in [-0.2, 0) is 24.1 Å². The van der Waals surface area contributed by atoms with Crippen LogP contribution in [0.2, 0.25) is 0 Å². The number of hydrogen-bond donors (Lipinski definition) is 2. The van der Waals surface area contributed by atoms with Crippen LogP contribution in [-0.4, -0.2) is 11.8 Å². The van der Waals surface area contributed by atoms with Gasteiger partial charge in [-0.3, -0.25) is 9.59 Å². The van der Waals surface area contributed by atoms with Crippen LogP contribution in [0, 0.1) is 5.92 Å². The van der Waals surface area contributed by atoms with Gasteiger partial charge in [0.05, 0.1) is 12.0 Å². The summed E-state index contributed by atoms with van der Waals surface area (Å²) in [6, 6.07) is 9.55. The number of nitrogens with two attached hydrogens (primary N) is 1. The number of hydrogen-bond acceptors (Lipinski definition) is 3. The Bertz CT molecular complexity index is 737. The maximum atomic E-state index is 12.3. The van der Waals surface area contributed by atoms with Crippen molar-refractivity contribution >= 4 is 28.2 Å². The smallest absolute Gasteiger partial charge is 0.251 e. The Kier molecular flexibility index (Phi) is 4.48. The van der Waals surface area contributed by atoms with E-state index in [0.717, 1.165) is 30.4 Å². The number of benzene rings is 1. The number of aryl methyl sites for hydroxylation is 1. The van der Waals surface area contributed by atoms with E-state index in [1.165, 1.54) is 16.2 Å². The molecular weight excluding hydrogens is 308 g/mol. The van der Waals surface area contributed by atoms with Gasteiger partial charge in [-0.25, -0.2) is 0 Å². The number of anilines is 1. The van der Waals surface area contributed by atoms with Gasteiger partial charge in [0.15, 0.2) is 0 Å². The minimum atomic E-state index is -0.452. The molecule has 23 heavy (non-hydrogen) atoms. The fraction of sp³-hybridized carbons (Fsp3) is 0.333. The molecule has 1 aromatic heterocycles. The lowest BCUT2D eigenvalue weighted by Gasteiger charge is -2.18. The molecule has 0 saturated heterocycles. The Balaban J connectivity index is 1.82. The summed E-state index contributed by atoms with van der Waals surface area (Å²) in [5, 5.41) is 3.50. The second-order valence-electron chi connectivity index (χ2n) is 6.13. The summed E-state index contributed by atoms with van der Waals surface area (Å²) < 4.78 is 0. The molecule has 120 valence electrons. The van der Waals surface area contributed by atoms with E-state index in [0.29, 0.717) is 16.5 Å². The molecule has 5 heteroatoms. The Hall–Kier alpha value is -2.14. The summed E-state index contributed by atoms with van der Waals surface area (Å²) in [5.41, 5.74) is 8.07. The largest absolute Gasteiger partial charge is 0.365 e. The summed E-state index contributed by atoms with van der Waals surface area (Å²) in [4.78, 5) is 25.3. The third kappa shape index (κ3) is 3.45. The molecule has 0 spiro atoms. The molecule has 2 amide bonds. The van der Waals surface area contributed by atoms with Gasteiger partial charge >= 0.3 is 0 Å². The molecule has 0 aliphatic heterocycles. The lowest BCUT2D eigenvalue weighted by atomic mass is 9.87. The van der Waals surface area contributed by atoms with Crippen LogP contribution < -0.4 is 11.1 Å². The van der Waals surface area contributed by atoms with Gasteiger partial charge in [0.2, 0.25) is 5.91 Å². The number of primary amides is 1. The van der Waals surface area contributed by atoms with Gasteiger partial charge in [-0.1, -0.05) is 37.3 Å². The zero-order chi connectivity index (χ0) is 16.4. The fourth-order valence-electron chi connectivity index (χ4n) is 3.06. The normalized spacial score (nSPS) is 16.7. The average Bonchev–Trinajstić information content (AvgIpc) is 2.85. The lowest BCUT2D eigenvalue weighted by Crippen LogP contribution is -2.20. The molecule has 1 aliphatic rings. The second kappa shape index (κ2) is 6.54. The van der Waals surface area contributed by atoms with Gasteiger partial charge in [-0.2, -0.15) is 0 Å². The quantitative estimate of drug-likeness (QED) is 0.905. The van der Waals surface area contributed by atoms with Crippen molar-refractivity contribution in [1.29, 1.82) is 0 Å². The SMILES string of the molecule is C[C@@H]1CCc2sc(NC(=O)Cc3ccccc3)c(C(N)=O)c2C1. The topological polar surface area (TPSA) is 72.2 Å². The van der Waals surface area contributed by atoms with E-state index in [1.54, 1.807) is 0 Å². The standard InChI is InChI=1S/C18H20N2O2S/c1-11-7-8-14-13(9-11)16(17(19)22)18(23-14)20-15(21)10-12-5-3-2-4-6-12/h2-6,11H,7-10H2,1H3,(H2,19,22)(H,20,21)/t11-/m1/s1. The maximum Gasteiger partial charge on any atom is 0.251 e. The highest BCUT2D eigenvalue weighted by molar-refractivity contribution is 7.17. The highest BCUT2D eigenvalue weighted by Gasteiger charge is 2.27. The molecule has 0 bridgehead atoms. The molecule has 1 heterocycles. The number of amides is 2. The van der Waals surface area contributed by atoms with Crippen molar-refractivity contribution in [2.24, 2.45) is 11.7 Å². The van der Waals surface area contributed by atoms with Crippen LogP contribution in [0.3, 0.4) is 0 Å². The monoisotopic (exact) mass is 328 g/mol. The molecule has 3 rings (SSSR count). The average molecular weight is 328 g/mol. The van der Waals surface area contributed by atoms with Crippen LogP contribution in [0.15, 0.2) is 30.3 Å². The molecule has 1 aromatic carbocycles. The van der Waals surface area contributed by atoms with Crippen LogP contribution >= 0.6 is 11.3 Å². The Morgan fingerprint density at radius 1 is 1.30 bits per heavy atom. The predicted molar refractivity (Wildman–Crippen MR) is 92.8 cm³/mol. The highest BCUT2D eigenvalue weighted by atomic mass is 32.1. The fourth-order valence-corrected chi connectivity index (χ4v) is 4.32. The molecular formula is C18H20N2O2S. The van der Waals surface area contributed by atoms with Crippen LogP contribution in [0.25, 0.3) is 0 Å². The lowest BCUT2D eigenvalue weighted by molar-refractivity contribution is -0.115.